The van der Waals surface area contributed by atoms with Gasteiger partial charge >= 0.3 is 0 Å². The van der Waals surface area contributed by atoms with Gasteiger partial charge in [0.15, 0.2) is 0 Å². The highest BCUT2D eigenvalue weighted by Gasteiger charge is 2.15. The van der Waals surface area contributed by atoms with Crippen LogP contribution in [0.15, 0.2) is 42.5 Å². The van der Waals surface area contributed by atoms with Crippen molar-refractivity contribution >= 4 is 17.3 Å². The van der Waals surface area contributed by atoms with Crippen LogP contribution in [0.1, 0.15) is 15.9 Å². The monoisotopic (exact) mass is 269 g/mol. The molecule has 100 valence electrons. The van der Waals surface area contributed by atoms with Crippen molar-refractivity contribution in [2.24, 2.45) is 0 Å². The van der Waals surface area contributed by atoms with E-state index in [2.05, 4.69) is 0 Å². The fraction of sp³-hybridized carbons (Fsp3) is 0.0667. The molecule has 4 nitrogen and oxygen atoms in total. The quantitative estimate of drug-likeness (QED) is 0.852. The SMILES string of the molecule is CN(C(=O)c1ccc(N)c(F)c1)c1cccc(C#N)c1. The Balaban J connectivity index is 2.32. The van der Waals surface area contributed by atoms with Crippen molar-refractivity contribution < 1.29 is 9.18 Å². The Morgan fingerprint density at radius 2 is 2.05 bits per heavy atom. The first-order valence-corrected chi connectivity index (χ1v) is 5.86. The van der Waals surface area contributed by atoms with Crippen molar-refractivity contribution in [2.75, 3.05) is 17.7 Å². The minimum Gasteiger partial charge on any atom is -0.396 e. The molecule has 0 bridgehead atoms. The summed E-state index contributed by atoms with van der Waals surface area (Å²) < 4.78 is 13.4. The van der Waals surface area contributed by atoms with Gasteiger partial charge in [-0.2, -0.15) is 5.26 Å². The maximum absolute atomic E-state index is 13.4. The van der Waals surface area contributed by atoms with Crippen LogP contribution in [-0.2, 0) is 0 Å². The summed E-state index contributed by atoms with van der Waals surface area (Å²) in [6.45, 7) is 0. The second-order valence-electron chi connectivity index (χ2n) is 4.26. The van der Waals surface area contributed by atoms with E-state index in [4.69, 9.17) is 11.0 Å². The zero-order chi connectivity index (χ0) is 14.7. The van der Waals surface area contributed by atoms with Crippen LogP contribution in [0, 0.1) is 17.1 Å². The molecule has 2 aromatic carbocycles. The molecule has 2 rings (SSSR count). The molecular formula is C15H12FN3O. The topological polar surface area (TPSA) is 70.1 Å². The first-order chi connectivity index (χ1) is 9.52. The maximum atomic E-state index is 13.4. The molecular weight excluding hydrogens is 257 g/mol. The number of halogens is 1. The predicted octanol–water partition coefficient (Wildman–Crippen LogP) is 2.56. The van der Waals surface area contributed by atoms with Crippen molar-refractivity contribution in [3.05, 3.63) is 59.4 Å². The van der Waals surface area contributed by atoms with Gasteiger partial charge in [0.05, 0.1) is 17.3 Å². The smallest absolute Gasteiger partial charge is 0.258 e. The fourth-order valence-electron chi connectivity index (χ4n) is 1.76. The van der Waals surface area contributed by atoms with E-state index in [0.717, 1.165) is 6.07 Å². The average molecular weight is 269 g/mol. The van der Waals surface area contributed by atoms with Gasteiger partial charge in [-0.05, 0) is 36.4 Å². The van der Waals surface area contributed by atoms with Gasteiger partial charge < -0.3 is 10.6 Å². The molecule has 0 radical (unpaired) electrons. The molecule has 0 heterocycles. The van der Waals surface area contributed by atoms with Gasteiger partial charge in [-0.1, -0.05) is 6.07 Å². The fourth-order valence-corrected chi connectivity index (χ4v) is 1.76. The van der Waals surface area contributed by atoms with Crippen LogP contribution in [0.2, 0.25) is 0 Å². The molecule has 0 aliphatic heterocycles. The summed E-state index contributed by atoms with van der Waals surface area (Å²) in [4.78, 5) is 13.6. The number of carbonyl (C=O) groups is 1. The number of benzene rings is 2. The lowest BCUT2D eigenvalue weighted by Gasteiger charge is -2.17. The number of nitrogens with zero attached hydrogens (tertiary/aromatic N) is 2. The highest BCUT2D eigenvalue weighted by atomic mass is 19.1. The number of anilines is 2. The van der Waals surface area contributed by atoms with Gasteiger partial charge in [-0.3, -0.25) is 4.79 Å². The Labute approximate surface area is 115 Å². The Morgan fingerprint density at radius 1 is 1.30 bits per heavy atom. The molecule has 2 aromatic rings. The largest absolute Gasteiger partial charge is 0.396 e. The molecule has 0 unspecified atom stereocenters. The van der Waals surface area contributed by atoms with Crippen molar-refractivity contribution in [3.8, 4) is 6.07 Å². The van der Waals surface area contributed by atoms with E-state index in [1.54, 1.807) is 31.3 Å². The van der Waals surface area contributed by atoms with Gasteiger partial charge in [-0.15, -0.1) is 0 Å². The third-order valence-corrected chi connectivity index (χ3v) is 2.91. The second kappa shape index (κ2) is 5.41. The molecule has 0 saturated carbocycles. The molecule has 1 amide bonds. The lowest BCUT2D eigenvalue weighted by molar-refractivity contribution is 0.0992. The highest BCUT2D eigenvalue weighted by Crippen LogP contribution is 2.19. The van der Waals surface area contributed by atoms with Crippen LogP contribution < -0.4 is 10.6 Å². The molecule has 0 aliphatic carbocycles. The predicted molar refractivity (Wildman–Crippen MR) is 74.7 cm³/mol. The van der Waals surface area contributed by atoms with Gasteiger partial charge in [0.2, 0.25) is 0 Å². The summed E-state index contributed by atoms with van der Waals surface area (Å²) in [5.74, 6) is -1.01. The van der Waals surface area contributed by atoms with Crippen molar-refractivity contribution in [1.82, 2.24) is 0 Å². The summed E-state index contributed by atoms with van der Waals surface area (Å²) in [5, 5.41) is 8.85. The van der Waals surface area contributed by atoms with Gasteiger partial charge in [-0.25, -0.2) is 4.39 Å². The zero-order valence-corrected chi connectivity index (χ0v) is 10.8. The molecule has 0 aromatic heterocycles. The van der Waals surface area contributed by atoms with Gasteiger partial charge in [0, 0.05) is 18.3 Å². The molecule has 0 saturated heterocycles. The van der Waals surface area contributed by atoms with E-state index in [0.29, 0.717) is 11.3 Å². The van der Waals surface area contributed by atoms with Crippen LogP contribution in [0.3, 0.4) is 0 Å². The van der Waals surface area contributed by atoms with E-state index in [1.807, 2.05) is 6.07 Å². The van der Waals surface area contributed by atoms with E-state index < -0.39 is 5.82 Å². The number of rotatable bonds is 2. The number of nitriles is 1. The summed E-state index contributed by atoms with van der Waals surface area (Å²) in [6.07, 6.45) is 0. The van der Waals surface area contributed by atoms with Crippen molar-refractivity contribution in [3.63, 3.8) is 0 Å². The first kappa shape index (κ1) is 13.6. The minimum absolute atomic E-state index is 0.00400. The minimum atomic E-state index is -0.630. The molecule has 2 N–H and O–H groups in total. The van der Waals surface area contributed by atoms with E-state index in [9.17, 15) is 9.18 Å². The molecule has 5 heteroatoms. The van der Waals surface area contributed by atoms with E-state index in [1.165, 1.54) is 17.0 Å². The first-order valence-electron chi connectivity index (χ1n) is 5.86. The third-order valence-electron chi connectivity index (χ3n) is 2.91. The van der Waals surface area contributed by atoms with Crippen molar-refractivity contribution in [2.45, 2.75) is 0 Å². The third kappa shape index (κ3) is 2.59. The number of amides is 1. The second-order valence-corrected chi connectivity index (χ2v) is 4.26. The number of hydrogen-bond donors (Lipinski definition) is 1. The van der Waals surface area contributed by atoms with Crippen molar-refractivity contribution in [1.29, 1.82) is 5.26 Å². The Kier molecular flexibility index (Phi) is 3.67. The molecule has 20 heavy (non-hydrogen) atoms. The van der Waals surface area contributed by atoms with Gasteiger partial charge in [0.25, 0.3) is 5.91 Å². The van der Waals surface area contributed by atoms with Crippen LogP contribution in [0.5, 0.6) is 0 Å². The van der Waals surface area contributed by atoms with E-state index >= 15 is 0 Å². The van der Waals surface area contributed by atoms with Crippen LogP contribution in [-0.4, -0.2) is 13.0 Å². The normalized spacial score (nSPS) is 9.85. The molecule has 0 atom stereocenters. The standard InChI is InChI=1S/C15H12FN3O/c1-19(12-4-2-3-10(7-12)9-17)15(20)11-5-6-14(18)13(16)8-11/h2-8H,18H2,1H3. The summed E-state index contributed by atoms with van der Waals surface area (Å²) in [6, 6.07) is 12.5. The van der Waals surface area contributed by atoms with Crippen LogP contribution >= 0.6 is 0 Å². The Morgan fingerprint density at radius 3 is 2.70 bits per heavy atom. The molecule has 0 aliphatic rings. The maximum Gasteiger partial charge on any atom is 0.258 e. The summed E-state index contributed by atoms with van der Waals surface area (Å²) >= 11 is 0. The van der Waals surface area contributed by atoms with Crippen LogP contribution in [0.25, 0.3) is 0 Å². The molecule has 0 spiro atoms. The number of hydrogen-bond acceptors (Lipinski definition) is 3. The Bertz CT molecular complexity index is 707. The summed E-state index contributed by atoms with van der Waals surface area (Å²) in [5.41, 5.74) is 6.58. The van der Waals surface area contributed by atoms with Gasteiger partial charge in [0.1, 0.15) is 5.82 Å². The Hall–Kier alpha value is -2.87. The zero-order valence-electron chi connectivity index (χ0n) is 10.8. The number of carbonyl (C=O) groups excluding carboxylic acids is 1. The summed E-state index contributed by atoms with van der Waals surface area (Å²) in [7, 11) is 1.56. The number of nitrogens with two attached hydrogens (primary N) is 1. The van der Waals surface area contributed by atoms with E-state index in [-0.39, 0.29) is 17.2 Å². The number of nitrogen functional groups attached to an aromatic ring is 1. The van der Waals surface area contributed by atoms with Crippen LogP contribution in [0.4, 0.5) is 15.8 Å². The lowest BCUT2D eigenvalue weighted by Crippen LogP contribution is -2.26. The highest BCUT2D eigenvalue weighted by molar-refractivity contribution is 6.05. The molecule has 0 fully saturated rings. The average Bonchev–Trinajstić information content (AvgIpc) is 2.48. The lowest BCUT2D eigenvalue weighted by atomic mass is 10.1.